The third-order valence-corrected chi connectivity index (χ3v) is 10.3. The second kappa shape index (κ2) is 17.7. The van der Waals surface area contributed by atoms with E-state index in [2.05, 4.69) is 36.4 Å². The van der Waals surface area contributed by atoms with Crippen molar-refractivity contribution in [2.45, 2.75) is 94.3 Å². The molecule has 0 bridgehead atoms. The van der Waals surface area contributed by atoms with Crippen LogP contribution in [-0.2, 0) is 64.5 Å². The van der Waals surface area contributed by atoms with Gasteiger partial charge in [-0.1, -0.05) is 121 Å². The quantitative estimate of drug-likeness (QED) is 0.116. The van der Waals surface area contributed by atoms with Gasteiger partial charge in [0.25, 0.3) is 0 Å². The van der Waals surface area contributed by atoms with E-state index in [0.717, 1.165) is 28.7 Å². The van der Waals surface area contributed by atoms with Crippen LogP contribution in [0.15, 0.2) is 121 Å². The first-order chi connectivity index (χ1) is 25.6. The molecule has 2 unspecified atom stereocenters. The van der Waals surface area contributed by atoms with Crippen LogP contribution in [-0.4, -0.2) is 73.5 Å². The third-order valence-electron chi connectivity index (χ3n) is 10.3. The average Bonchev–Trinajstić information content (AvgIpc) is 3.76. The van der Waals surface area contributed by atoms with Gasteiger partial charge >= 0.3 is 5.97 Å². The molecule has 4 aromatic rings. The van der Waals surface area contributed by atoms with Gasteiger partial charge in [0.15, 0.2) is 0 Å². The number of benzene rings is 4. The fraction of sp³-hybridized carbons (Fsp3) is 0.419. The first-order valence-electron chi connectivity index (χ1n) is 18.4. The van der Waals surface area contributed by atoms with E-state index < -0.39 is 36.1 Å². The molecule has 7 atom stereocenters. The molecule has 0 radical (unpaired) electrons. The molecule has 7 rings (SSSR count). The molecule has 0 amide bonds. The van der Waals surface area contributed by atoms with Gasteiger partial charge in [-0.25, -0.2) is 4.79 Å². The second-order valence-corrected chi connectivity index (χ2v) is 13.9. The summed E-state index contributed by atoms with van der Waals surface area (Å²) in [4.78, 5) is 19.6. The van der Waals surface area contributed by atoms with Crippen molar-refractivity contribution in [3.05, 3.63) is 144 Å². The molecule has 0 aliphatic carbocycles. The van der Waals surface area contributed by atoms with Gasteiger partial charge in [0, 0.05) is 19.4 Å². The minimum atomic E-state index is -0.781. The number of carbonyl (C=O) groups excluding carboxylic acids is 1. The fourth-order valence-electron chi connectivity index (χ4n) is 7.74. The Kier molecular flexibility index (Phi) is 12.4. The Morgan fingerprint density at radius 2 is 1.15 bits per heavy atom. The van der Waals surface area contributed by atoms with E-state index in [9.17, 15) is 4.79 Å². The predicted molar refractivity (Wildman–Crippen MR) is 195 cm³/mol. The second-order valence-electron chi connectivity index (χ2n) is 13.9. The Balaban J connectivity index is 1.19. The summed E-state index contributed by atoms with van der Waals surface area (Å²) < 4.78 is 39.2. The molecule has 0 N–H and O–H groups in total. The number of ether oxygens (including phenoxy) is 6. The van der Waals surface area contributed by atoms with Crippen LogP contribution in [0.5, 0.6) is 0 Å². The van der Waals surface area contributed by atoms with Crippen molar-refractivity contribution in [3.63, 3.8) is 0 Å². The highest BCUT2D eigenvalue weighted by Gasteiger charge is 2.58. The summed E-state index contributed by atoms with van der Waals surface area (Å²) in [6, 6.07) is 40.5. The molecule has 274 valence electrons. The number of esters is 1. The van der Waals surface area contributed by atoms with E-state index in [1.807, 2.05) is 90.0 Å². The topological polar surface area (TPSA) is 84.9 Å². The van der Waals surface area contributed by atoms with Gasteiger partial charge in [-0.05, 0) is 35.1 Å². The molecule has 3 fully saturated rings. The minimum absolute atomic E-state index is 0.250. The van der Waals surface area contributed by atoms with Crippen LogP contribution in [0.1, 0.15) is 47.9 Å². The Bertz CT molecular complexity index is 1660. The van der Waals surface area contributed by atoms with Gasteiger partial charge in [-0.3, -0.25) is 4.84 Å². The average molecular weight is 708 g/mol. The molecule has 3 aliphatic heterocycles. The SMILES string of the molecule is COC(=O)C12CCCN1OC(C[C@@H]1O[C@H](COCc3ccccc3)[C@@H](OCc3ccccc3)[C@H](OCc3ccccc3)[C@H]1OCc1ccccc1)C2. The molecule has 9 nitrogen and oxygen atoms in total. The molecular formula is C43H49NO8. The number of methoxy groups -OCH3 is 1. The van der Waals surface area contributed by atoms with Crippen molar-refractivity contribution in [1.82, 2.24) is 5.06 Å². The van der Waals surface area contributed by atoms with Crippen LogP contribution >= 0.6 is 0 Å². The third kappa shape index (κ3) is 8.81. The molecule has 0 spiro atoms. The summed E-state index contributed by atoms with van der Waals surface area (Å²) in [5, 5.41) is 1.84. The number of hydroxylamine groups is 2. The Hall–Kier alpha value is -3.93. The molecule has 3 heterocycles. The number of nitrogens with zero attached hydrogens (tertiary/aromatic N) is 1. The van der Waals surface area contributed by atoms with E-state index in [0.29, 0.717) is 52.2 Å². The van der Waals surface area contributed by atoms with Gasteiger partial charge in [-0.2, -0.15) is 5.06 Å². The van der Waals surface area contributed by atoms with E-state index in [-0.39, 0.29) is 18.7 Å². The zero-order valence-electron chi connectivity index (χ0n) is 29.8. The van der Waals surface area contributed by atoms with Crippen LogP contribution in [0.25, 0.3) is 0 Å². The number of fused-ring (bicyclic) bond motifs is 1. The summed E-state index contributed by atoms with van der Waals surface area (Å²) in [5.41, 5.74) is 3.43. The van der Waals surface area contributed by atoms with Crippen molar-refractivity contribution in [2.75, 3.05) is 20.3 Å². The first kappa shape index (κ1) is 36.4. The highest BCUT2D eigenvalue weighted by atomic mass is 16.7. The lowest BCUT2D eigenvalue weighted by Gasteiger charge is -2.47. The molecule has 3 saturated heterocycles. The lowest BCUT2D eigenvalue weighted by Crippen LogP contribution is -2.61. The molecule has 4 aromatic carbocycles. The number of hydrogen-bond acceptors (Lipinski definition) is 9. The van der Waals surface area contributed by atoms with Crippen molar-refractivity contribution >= 4 is 5.97 Å². The van der Waals surface area contributed by atoms with Crippen molar-refractivity contribution < 1.29 is 38.1 Å². The number of hydrogen-bond donors (Lipinski definition) is 0. The number of carbonyl (C=O) groups is 1. The van der Waals surface area contributed by atoms with Crippen molar-refractivity contribution in [2.24, 2.45) is 0 Å². The largest absolute Gasteiger partial charge is 0.468 e. The summed E-state index contributed by atoms with van der Waals surface area (Å²) in [6.45, 7) is 2.49. The molecule has 3 aliphatic rings. The van der Waals surface area contributed by atoms with Gasteiger partial charge in [-0.15, -0.1) is 0 Å². The van der Waals surface area contributed by atoms with E-state index in [4.69, 9.17) is 33.3 Å². The zero-order valence-corrected chi connectivity index (χ0v) is 29.8. The van der Waals surface area contributed by atoms with Crippen LogP contribution in [0.2, 0.25) is 0 Å². The van der Waals surface area contributed by atoms with E-state index >= 15 is 0 Å². The minimum Gasteiger partial charge on any atom is -0.468 e. The predicted octanol–water partition coefficient (Wildman–Crippen LogP) is 6.83. The van der Waals surface area contributed by atoms with Crippen molar-refractivity contribution in [3.8, 4) is 0 Å². The van der Waals surface area contributed by atoms with Crippen LogP contribution in [0.4, 0.5) is 0 Å². The summed E-state index contributed by atoms with van der Waals surface area (Å²) in [7, 11) is 1.45. The standard InChI is InChI=1S/C43H49NO8/c1-46-42(45)43-23-14-24-44(43)52-36(26-43)25-37-39(48-28-33-17-8-3-9-18-33)41(50-30-35-21-12-5-13-22-35)40(49-29-34-19-10-4-11-20-34)38(51-37)31-47-27-32-15-6-2-7-16-32/h2-13,15-22,36-41H,14,23-31H2,1H3/t36?,37-,38+,39-,40+,41+,43?/m0/s1. The molecule has 0 saturated carbocycles. The first-order valence-corrected chi connectivity index (χ1v) is 18.4. The summed E-state index contributed by atoms with van der Waals surface area (Å²) in [5.74, 6) is -0.250. The highest BCUT2D eigenvalue weighted by molar-refractivity contribution is 5.81. The molecule has 0 aromatic heterocycles. The van der Waals surface area contributed by atoms with Crippen molar-refractivity contribution in [1.29, 1.82) is 0 Å². The fourth-order valence-corrected chi connectivity index (χ4v) is 7.74. The lowest BCUT2D eigenvalue weighted by atomic mass is 9.86. The maximum atomic E-state index is 13.1. The maximum Gasteiger partial charge on any atom is 0.328 e. The normalized spacial score (nSPS) is 27.3. The monoisotopic (exact) mass is 707 g/mol. The van der Waals surface area contributed by atoms with Gasteiger partial charge in [0.1, 0.15) is 30.0 Å². The Labute approximate surface area is 306 Å². The highest BCUT2D eigenvalue weighted by Crippen LogP contribution is 2.44. The van der Waals surface area contributed by atoms with Gasteiger partial charge in [0.2, 0.25) is 0 Å². The van der Waals surface area contributed by atoms with E-state index in [1.165, 1.54) is 7.11 Å². The Morgan fingerprint density at radius 1 is 0.673 bits per heavy atom. The van der Waals surface area contributed by atoms with Crippen LogP contribution in [0.3, 0.4) is 0 Å². The summed E-state index contributed by atoms with van der Waals surface area (Å²) in [6.07, 6.45) is -0.206. The van der Waals surface area contributed by atoms with Crippen LogP contribution < -0.4 is 0 Å². The van der Waals surface area contributed by atoms with Crippen LogP contribution in [0, 0.1) is 0 Å². The number of rotatable bonds is 16. The lowest BCUT2D eigenvalue weighted by molar-refractivity contribution is -0.279. The van der Waals surface area contributed by atoms with E-state index in [1.54, 1.807) is 0 Å². The maximum absolute atomic E-state index is 13.1. The molecule has 52 heavy (non-hydrogen) atoms. The smallest absolute Gasteiger partial charge is 0.328 e. The summed E-state index contributed by atoms with van der Waals surface area (Å²) >= 11 is 0. The molecular weight excluding hydrogens is 658 g/mol. The Morgan fingerprint density at radius 3 is 1.67 bits per heavy atom. The molecule has 9 heteroatoms. The van der Waals surface area contributed by atoms with Gasteiger partial charge < -0.3 is 28.4 Å². The zero-order chi connectivity index (χ0) is 35.6. The van der Waals surface area contributed by atoms with Gasteiger partial charge in [0.05, 0.1) is 52.4 Å².